The summed E-state index contributed by atoms with van der Waals surface area (Å²) < 4.78 is 7.60. The van der Waals surface area contributed by atoms with Gasteiger partial charge in [-0.25, -0.2) is 0 Å². The average Bonchev–Trinajstić information content (AvgIpc) is 3.84. The van der Waals surface area contributed by atoms with Crippen LogP contribution in [0.4, 0.5) is 17.1 Å². The Morgan fingerprint density at radius 1 is 0.380 bits per heavy atom. The van der Waals surface area contributed by atoms with Gasteiger partial charge in [0.1, 0.15) is 0 Å². The molecule has 11 rings (SSSR count). The molecule has 234 valence electrons. The van der Waals surface area contributed by atoms with Crippen LogP contribution < -0.4 is 4.90 Å². The summed E-state index contributed by atoms with van der Waals surface area (Å²) in [6.45, 7) is 0. The minimum Gasteiger partial charge on any atom is -0.309 e. The van der Waals surface area contributed by atoms with Crippen molar-refractivity contribution in [3.8, 4) is 5.69 Å². The van der Waals surface area contributed by atoms with E-state index in [0.717, 1.165) is 5.69 Å². The van der Waals surface area contributed by atoms with E-state index in [-0.39, 0.29) is 0 Å². The van der Waals surface area contributed by atoms with E-state index >= 15 is 0 Å². The standard InChI is InChI=1S/C46H28N2S2/c1-2-14-31(15-3-1)47-39-20-8-6-16-33(39)37-28-32(24-25-40(37)47)48(41-21-10-18-35-34-17-7-9-23-43(34)49-45(35)41)42-22-11-19-36-38-26-29-12-4-5-13-30(29)27-44(38)50-46(36)42/h1-28H. The number of fused-ring (bicyclic) bond motifs is 10. The van der Waals surface area contributed by atoms with Gasteiger partial charge < -0.3 is 9.47 Å². The van der Waals surface area contributed by atoms with Crippen molar-refractivity contribution >= 4 is 113 Å². The highest BCUT2D eigenvalue weighted by Gasteiger charge is 2.23. The summed E-state index contributed by atoms with van der Waals surface area (Å²) in [5.74, 6) is 0. The molecule has 0 aliphatic heterocycles. The fourth-order valence-electron chi connectivity index (χ4n) is 7.92. The molecule has 4 heteroatoms. The largest absolute Gasteiger partial charge is 0.309 e. The second kappa shape index (κ2) is 10.8. The molecular formula is C46H28N2S2. The van der Waals surface area contributed by atoms with Crippen LogP contribution in [-0.4, -0.2) is 4.57 Å². The van der Waals surface area contributed by atoms with Crippen molar-refractivity contribution in [2.75, 3.05) is 4.90 Å². The van der Waals surface area contributed by atoms with Crippen molar-refractivity contribution in [3.05, 3.63) is 170 Å². The number of benzene rings is 8. The third-order valence-electron chi connectivity index (χ3n) is 10.1. The van der Waals surface area contributed by atoms with Gasteiger partial charge in [0, 0.05) is 53.1 Å². The fraction of sp³-hybridized carbons (Fsp3) is 0. The van der Waals surface area contributed by atoms with E-state index in [1.54, 1.807) is 0 Å². The van der Waals surface area contributed by atoms with Crippen LogP contribution in [0.15, 0.2) is 170 Å². The summed E-state index contributed by atoms with van der Waals surface area (Å²) in [5, 5.41) is 10.3. The van der Waals surface area contributed by atoms with Gasteiger partial charge in [-0.2, -0.15) is 0 Å². The zero-order chi connectivity index (χ0) is 32.8. The molecule has 0 amide bonds. The molecule has 0 fully saturated rings. The molecular weight excluding hydrogens is 645 g/mol. The zero-order valence-electron chi connectivity index (χ0n) is 26.9. The summed E-state index contributed by atoms with van der Waals surface area (Å²) in [4.78, 5) is 2.52. The average molecular weight is 673 g/mol. The zero-order valence-corrected chi connectivity index (χ0v) is 28.5. The molecule has 0 bridgehead atoms. The lowest BCUT2D eigenvalue weighted by Crippen LogP contribution is -2.10. The van der Waals surface area contributed by atoms with Crippen LogP contribution in [0.3, 0.4) is 0 Å². The number of thiophene rings is 2. The van der Waals surface area contributed by atoms with Gasteiger partial charge in [0.05, 0.1) is 31.8 Å². The molecule has 0 saturated carbocycles. The van der Waals surface area contributed by atoms with E-state index in [1.807, 2.05) is 22.7 Å². The lowest BCUT2D eigenvalue weighted by Gasteiger charge is -2.27. The van der Waals surface area contributed by atoms with Crippen molar-refractivity contribution in [2.45, 2.75) is 0 Å². The van der Waals surface area contributed by atoms with Crippen LogP contribution >= 0.6 is 22.7 Å². The molecule has 3 aromatic heterocycles. The Morgan fingerprint density at radius 3 is 1.78 bits per heavy atom. The molecule has 0 N–H and O–H groups in total. The molecule has 8 aromatic carbocycles. The number of hydrogen-bond acceptors (Lipinski definition) is 3. The quantitative estimate of drug-likeness (QED) is 0.181. The monoisotopic (exact) mass is 672 g/mol. The maximum absolute atomic E-state index is 2.52. The number of aromatic nitrogens is 1. The number of nitrogens with zero attached hydrogens (tertiary/aromatic N) is 2. The highest BCUT2D eigenvalue weighted by atomic mass is 32.1. The van der Waals surface area contributed by atoms with Crippen LogP contribution in [0.25, 0.3) is 78.6 Å². The van der Waals surface area contributed by atoms with Crippen molar-refractivity contribution in [1.82, 2.24) is 4.57 Å². The normalized spacial score (nSPS) is 12.0. The van der Waals surface area contributed by atoms with E-state index in [0.29, 0.717) is 0 Å². The topological polar surface area (TPSA) is 8.17 Å². The highest BCUT2D eigenvalue weighted by molar-refractivity contribution is 7.27. The third kappa shape index (κ3) is 4.07. The van der Waals surface area contributed by atoms with Gasteiger partial charge >= 0.3 is 0 Å². The van der Waals surface area contributed by atoms with Crippen LogP contribution in [0.1, 0.15) is 0 Å². The summed E-state index contributed by atoms with van der Waals surface area (Å²) in [7, 11) is 0. The van der Waals surface area contributed by atoms with Crippen LogP contribution in [0, 0.1) is 0 Å². The number of hydrogen-bond donors (Lipinski definition) is 0. The minimum absolute atomic E-state index is 1.15. The van der Waals surface area contributed by atoms with E-state index < -0.39 is 0 Å². The second-order valence-corrected chi connectivity index (χ2v) is 15.0. The van der Waals surface area contributed by atoms with Crippen molar-refractivity contribution < 1.29 is 0 Å². The highest BCUT2D eigenvalue weighted by Crippen LogP contribution is 2.50. The maximum atomic E-state index is 2.52. The summed E-state index contributed by atoms with van der Waals surface area (Å²) in [6.07, 6.45) is 0. The van der Waals surface area contributed by atoms with E-state index in [4.69, 9.17) is 0 Å². The third-order valence-corrected chi connectivity index (χ3v) is 12.5. The van der Waals surface area contributed by atoms with Crippen molar-refractivity contribution in [1.29, 1.82) is 0 Å². The summed E-state index contributed by atoms with van der Waals surface area (Å²) in [5.41, 5.74) is 7.12. The minimum atomic E-state index is 1.15. The Bertz CT molecular complexity index is 3110. The van der Waals surface area contributed by atoms with E-state index in [1.165, 1.54) is 90.0 Å². The van der Waals surface area contributed by atoms with Crippen molar-refractivity contribution in [2.24, 2.45) is 0 Å². The molecule has 0 atom stereocenters. The predicted octanol–water partition coefficient (Wildman–Crippen LogP) is 14.1. The Morgan fingerprint density at radius 2 is 0.980 bits per heavy atom. The fourth-order valence-corrected chi connectivity index (χ4v) is 10.4. The van der Waals surface area contributed by atoms with Gasteiger partial charge in [-0.05, 0) is 77.5 Å². The van der Waals surface area contributed by atoms with Gasteiger partial charge in [-0.15, -0.1) is 22.7 Å². The van der Waals surface area contributed by atoms with Gasteiger partial charge in [-0.1, -0.05) is 103 Å². The molecule has 0 aliphatic carbocycles. The Labute approximate surface area is 296 Å². The maximum Gasteiger partial charge on any atom is 0.0640 e. The molecule has 0 aliphatic rings. The first-order valence-electron chi connectivity index (χ1n) is 16.9. The molecule has 3 heterocycles. The lowest BCUT2D eigenvalue weighted by atomic mass is 10.0. The first-order valence-corrected chi connectivity index (χ1v) is 18.6. The lowest BCUT2D eigenvalue weighted by molar-refractivity contribution is 1.18. The van der Waals surface area contributed by atoms with Crippen LogP contribution in [0.2, 0.25) is 0 Å². The Balaban J connectivity index is 1.23. The first kappa shape index (κ1) is 28.0. The van der Waals surface area contributed by atoms with E-state index in [9.17, 15) is 0 Å². The summed E-state index contributed by atoms with van der Waals surface area (Å²) >= 11 is 3.78. The SMILES string of the molecule is c1ccc(-n2c3ccccc3c3cc(N(c4cccc5c4sc4ccccc45)c4cccc5c4sc4cc6ccccc6cc45)ccc32)cc1. The van der Waals surface area contributed by atoms with Gasteiger partial charge in [-0.3, -0.25) is 0 Å². The van der Waals surface area contributed by atoms with Gasteiger partial charge in [0.15, 0.2) is 0 Å². The molecule has 0 spiro atoms. The molecule has 50 heavy (non-hydrogen) atoms. The van der Waals surface area contributed by atoms with Crippen LogP contribution in [0.5, 0.6) is 0 Å². The molecule has 0 saturated heterocycles. The second-order valence-electron chi connectivity index (χ2n) is 12.9. The number of anilines is 3. The predicted molar refractivity (Wildman–Crippen MR) is 219 cm³/mol. The van der Waals surface area contributed by atoms with E-state index in [2.05, 4.69) is 179 Å². The molecule has 2 nitrogen and oxygen atoms in total. The van der Waals surface area contributed by atoms with Gasteiger partial charge in [0.25, 0.3) is 0 Å². The van der Waals surface area contributed by atoms with Crippen molar-refractivity contribution in [3.63, 3.8) is 0 Å². The number of para-hydroxylation sites is 2. The summed E-state index contributed by atoms with van der Waals surface area (Å²) in [6, 6.07) is 62.4. The van der Waals surface area contributed by atoms with Crippen LogP contribution in [-0.2, 0) is 0 Å². The first-order chi connectivity index (χ1) is 24.8. The Kier molecular flexibility index (Phi) is 6.03. The molecule has 11 aromatic rings. The number of rotatable bonds is 4. The Hall–Kier alpha value is -5.94. The molecule has 0 unspecified atom stereocenters. The van der Waals surface area contributed by atoms with Gasteiger partial charge in [0.2, 0.25) is 0 Å². The smallest absolute Gasteiger partial charge is 0.0640 e. The molecule has 0 radical (unpaired) electrons.